The quantitative estimate of drug-likeness (QED) is 0.728. The molecule has 2 fully saturated rings. The maximum atomic E-state index is 11.6. The van der Waals surface area contributed by atoms with E-state index in [1.807, 2.05) is 60.7 Å². The van der Waals surface area contributed by atoms with Crippen molar-refractivity contribution >= 4 is 0 Å². The zero-order chi connectivity index (χ0) is 20.5. The standard InChI is InChI=1S/C27H33NO/c1-25(2)18-24-19-26(3,20-25)21-28(24)17-11-10-16-27(29,22-12-6-4-7-13-22)23-14-8-5-9-15-23/h4-9,12-15,24,29H,16-21H2,1-3H3/t24-,26-/m1/s1. The number of nitrogens with zero attached hydrogens (tertiary/aromatic N) is 1. The fourth-order valence-corrected chi connectivity index (χ4v) is 5.91. The van der Waals surface area contributed by atoms with Crippen molar-refractivity contribution in [2.45, 2.75) is 58.1 Å². The molecule has 2 atom stereocenters. The second kappa shape index (κ2) is 7.63. The van der Waals surface area contributed by atoms with Gasteiger partial charge in [0.15, 0.2) is 0 Å². The molecule has 4 rings (SSSR count). The smallest absolute Gasteiger partial charge is 0.125 e. The zero-order valence-corrected chi connectivity index (χ0v) is 18.0. The van der Waals surface area contributed by atoms with Crippen molar-refractivity contribution in [3.05, 3.63) is 71.8 Å². The molecule has 2 bridgehead atoms. The van der Waals surface area contributed by atoms with Crippen LogP contribution < -0.4 is 0 Å². The molecule has 2 aromatic carbocycles. The Morgan fingerprint density at radius 2 is 1.52 bits per heavy atom. The van der Waals surface area contributed by atoms with Crippen LogP contribution in [0, 0.1) is 22.7 Å². The van der Waals surface area contributed by atoms with Crippen molar-refractivity contribution in [1.29, 1.82) is 0 Å². The van der Waals surface area contributed by atoms with Crippen molar-refractivity contribution in [3.8, 4) is 11.8 Å². The molecule has 1 saturated heterocycles. The molecule has 2 heteroatoms. The predicted octanol–water partition coefficient (Wildman–Crippen LogP) is 5.22. The van der Waals surface area contributed by atoms with Crippen LogP contribution in [0.3, 0.4) is 0 Å². The lowest BCUT2D eigenvalue weighted by Gasteiger charge is -2.39. The summed E-state index contributed by atoms with van der Waals surface area (Å²) in [6.45, 7) is 9.21. The van der Waals surface area contributed by atoms with Crippen molar-refractivity contribution in [2.75, 3.05) is 13.1 Å². The predicted molar refractivity (Wildman–Crippen MR) is 119 cm³/mol. The van der Waals surface area contributed by atoms with Gasteiger partial charge in [0.05, 0.1) is 6.54 Å². The maximum absolute atomic E-state index is 11.6. The second-order valence-electron chi connectivity index (χ2n) is 10.2. The van der Waals surface area contributed by atoms with E-state index in [-0.39, 0.29) is 0 Å². The van der Waals surface area contributed by atoms with Crippen molar-refractivity contribution < 1.29 is 5.11 Å². The molecule has 0 spiro atoms. The van der Waals surface area contributed by atoms with Gasteiger partial charge < -0.3 is 5.11 Å². The Labute approximate surface area is 176 Å². The van der Waals surface area contributed by atoms with Crippen LogP contribution >= 0.6 is 0 Å². The van der Waals surface area contributed by atoms with Crippen LogP contribution in [0.25, 0.3) is 0 Å². The van der Waals surface area contributed by atoms with Gasteiger partial charge in [-0.3, -0.25) is 4.90 Å². The van der Waals surface area contributed by atoms with Gasteiger partial charge in [0.2, 0.25) is 0 Å². The molecule has 1 saturated carbocycles. The molecule has 1 N–H and O–H groups in total. The van der Waals surface area contributed by atoms with Crippen molar-refractivity contribution in [3.63, 3.8) is 0 Å². The summed E-state index contributed by atoms with van der Waals surface area (Å²) in [6.07, 6.45) is 4.28. The minimum absolute atomic E-state index is 0.405. The van der Waals surface area contributed by atoms with Crippen LogP contribution in [-0.4, -0.2) is 29.1 Å². The topological polar surface area (TPSA) is 23.5 Å². The van der Waals surface area contributed by atoms with E-state index in [1.54, 1.807) is 0 Å². The zero-order valence-electron chi connectivity index (χ0n) is 18.0. The maximum Gasteiger partial charge on any atom is 0.125 e. The van der Waals surface area contributed by atoms with Gasteiger partial charge in [-0.1, -0.05) is 93.3 Å². The lowest BCUT2D eigenvalue weighted by atomic mass is 9.65. The monoisotopic (exact) mass is 387 g/mol. The van der Waals surface area contributed by atoms with Gasteiger partial charge >= 0.3 is 0 Å². The third-order valence-electron chi connectivity index (χ3n) is 6.78. The molecular formula is C27H33NO. The summed E-state index contributed by atoms with van der Waals surface area (Å²) in [5.41, 5.74) is 1.58. The Balaban J connectivity index is 1.50. The number of hydrogen-bond acceptors (Lipinski definition) is 2. The highest BCUT2D eigenvalue weighted by Gasteiger charge is 2.49. The van der Waals surface area contributed by atoms with Crippen LogP contribution in [0.2, 0.25) is 0 Å². The van der Waals surface area contributed by atoms with E-state index < -0.39 is 5.60 Å². The number of rotatable bonds is 4. The van der Waals surface area contributed by atoms with E-state index in [0.29, 0.717) is 23.3 Å². The van der Waals surface area contributed by atoms with Crippen LogP contribution in [0.15, 0.2) is 60.7 Å². The molecule has 152 valence electrons. The molecule has 0 radical (unpaired) electrons. The Morgan fingerprint density at radius 1 is 0.931 bits per heavy atom. The first-order chi connectivity index (χ1) is 13.8. The largest absolute Gasteiger partial charge is 0.379 e. The average Bonchev–Trinajstić information content (AvgIpc) is 2.94. The first-order valence-electron chi connectivity index (χ1n) is 10.8. The molecule has 0 unspecified atom stereocenters. The number of hydrogen-bond donors (Lipinski definition) is 1. The highest BCUT2D eigenvalue weighted by molar-refractivity contribution is 5.37. The van der Waals surface area contributed by atoms with Gasteiger partial charge in [0.1, 0.15) is 5.60 Å². The molecule has 1 aliphatic carbocycles. The minimum Gasteiger partial charge on any atom is -0.379 e. The Kier molecular flexibility index (Phi) is 5.32. The molecule has 1 heterocycles. The van der Waals surface area contributed by atoms with E-state index >= 15 is 0 Å². The summed E-state index contributed by atoms with van der Waals surface area (Å²) in [4.78, 5) is 2.58. The highest BCUT2D eigenvalue weighted by atomic mass is 16.3. The lowest BCUT2D eigenvalue weighted by molar-refractivity contribution is 0.0864. The highest BCUT2D eigenvalue weighted by Crippen LogP contribution is 2.52. The third-order valence-corrected chi connectivity index (χ3v) is 6.78. The molecular weight excluding hydrogens is 354 g/mol. The van der Waals surface area contributed by atoms with Crippen LogP contribution in [0.5, 0.6) is 0 Å². The first-order valence-corrected chi connectivity index (χ1v) is 10.8. The summed E-state index contributed by atoms with van der Waals surface area (Å²) in [5, 5.41) is 11.6. The first kappa shape index (κ1) is 20.2. The minimum atomic E-state index is -1.08. The SMILES string of the molecule is CC1(C)C[C@@H]2C[C@@](C)(CN2CC#CCC(O)(c2ccccc2)c2ccccc2)C1. The molecule has 2 aliphatic rings. The van der Waals surface area contributed by atoms with Gasteiger partial charge in [-0.15, -0.1) is 0 Å². The molecule has 1 aliphatic heterocycles. The summed E-state index contributed by atoms with van der Waals surface area (Å²) < 4.78 is 0. The fourth-order valence-electron chi connectivity index (χ4n) is 5.91. The summed E-state index contributed by atoms with van der Waals surface area (Å²) in [7, 11) is 0. The van der Waals surface area contributed by atoms with Gasteiger partial charge in [-0.05, 0) is 41.2 Å². The van der Waals surface area contributed by atoms with Crippen LogP contribution in [-0.2, 0) is 5.60 Å². The Bertz CT molecular complexity index is 853. The number of fused-ring (bicyclic) bond motifs is 2. The fraction of sp³-hybridized carbons (Fsp3) is 0.481. The van der Waals surface area contributed by atoms with Crippen LogP contribution in [0.4, 0.5) is 0 Å². The molecule has 2 aromatic rings. The van der Waals surface area contributed by atoms with Crippen molar-refractivity contribution in [1.82, 2.24) is 4.90 Å². The molecule has 0 amide bonds. The van der Waals surface area contributed by atoms with Gasteiger partial charge in [0.25, 0.3) is 0 Å². The van der Waals surface area contributed by atoms with Crippen molar-refractivity contribution in [2.24, 2.45) is 10.8 Å². The van der Waals surface area contributed by atoms with Gasteiger partial charge in [-0.25, -0.2) is 0 Å². The van der Waals surface area contributed by atoms with E-state index in [2.05, 4.69) is 37.5 Å². The number of benzene rings is 2. The van der Waals surface area contributed by atoms with E-state index in [1.165, 1.54) is 19.3 Å². The molecule has 29 heavy (non-hydrogen) atoms. The van der Waals surface area contributed by atoms with E-state index in [9.17, 15) is 5.11 Å². The average molecular weight is 388 g/mol. The summed E-state index contributed by atoms with van der Waals surface area (Å²) >= 11 is 0. The molecule has 2 nitrogen and oxygen atoms in total. The second-order valence-corrected chi connectivity index (χ2v) is 10.2. The molecule has 0 aromatic heterocycles. The normalized spacial score (nSPS) is 26.0. The lowest BCUT2D eigenvalue weighted by Crippen LogP contribution is -2.34. The summed E-state index contributed by atoms with van der Waals surface area (Å²) in [6, 6.07) is 20.5. The van der Waals surface area contributed by atoms with Gasteiger partial charge in [-0.2, -0.15) is 0 Å². The van der Waals surface area contributed by atoms with Gasteiger partial charge in [0, 0.05) is 19.0 Å². The Hall–Kier alpha value is -2.08. The number of likely N-dealkylation sites (tertiary alicyclic amines) is 1. The van der Waals surface area contributed by atoms with Crippen LogP contribution in [0.1, 0.15) is 57.6 Å². The number of aliphatic hydroxyl groups is 1. The Morgan fingerprint density at radius 3 is 2.10 bits per heavy atom. The van der Waals surface area contributed by atoms with E-state index in [0.717, 1.165) is 24.2 Å². The van der Waals surface area contributed by atoms with E-state index in [4.69, 9.17) is 0 Å². The third kappa shape index (κ3) is 4.27. The summed E-state index contributed by atoms with van der Waals surface area (Å²) in [5.74, 6) is 6.72.